The van der Waals surface area contributed by atoms with Crippen LogP contribution in [0.2, 0.25) is 0 Å². The minimum atomic E-state index is -0.788. The molecule has 4 rings (SSSR count). The van der Waals surface area contributed by atoms with Crippen molar-refractivity contribution in [2.24, 2.45) is 0 Å². The second-order valence-electron chi connectivity index (χ2n) is 5.70. The van der Waals surface area contributed by atoms with Crippen LogP contribution in [-0.4, -0.2) is 30.6 Å². The molecule has 2 N–H and O–H groups in total. The van der Waals surface area contributed by atoms with Gasteiger partial charge in [-0.05, 0) is 18.2 Å². The van der Waals surface area contributed by atoms with Gasteiger partial charge in [0.15, 0.2) is 0 Å². The van der Waals surface area contributed by atoms with E-state index in [1.165, 1.54) is 0 Å². The third-order valence-electron chi connectivity index (χ3n) is 4.19. The third kappa shape index (κ3) is 2.15. The number of rotatable bonds is 4. The van der Waals surface area contributed by atoms with E-state index in [1.807, 2.05) is 34.7 Å². The normalized spacial score (nSPS) is 12.6. The Bertz CT molecular complexity index is 1130. The van der Waals surface area contributed by atoms with Gasteiger partial charge in [-0.25, -0.2) is 9.97 Å². The van der Waals surface area contributed by atoms with Crippen molar-refractivity contribution in [3.63, 3.8) is 0 Å². The number of carboxylic acids is 1. The Morgan fingerprint density at radius 3 is 2.83 bits per heavy atom. The summed E-state index contributed by atoms with van der Waals surface area (Å²) < 4.78 is 1.83. The maximum absolute atomic E-state index is 10.7. The van der Waals surface area contributed by atoms with E-state index in [-0.39, 0.29) is 12.3 Å². The topological polar surface area (TPSA) is 87.7 Å². The fourth-order valence-electron chi connectivity index (χ4n) is 3.18. The molecule has 0 aliphatic rings. The van der Waals surface area contributed by atoms with Gasteiger partial charge in [-0.15, -0.1) is 0 Å². The van der Waals surface area contributed by atoms with Crippen molar-refractivity contribution in [1.29, 1.82) is 0 Å². The molecule has 6 heteroatoms. The van der Waals surface area contributed by atoms with Crippen molar-refractivity contribution in [2.45, 2.75) is 19.3 Å². The minimum absolute atomic E-state index is 0.0966. The molecule has 6 nitrogen and oxygen atoms in total. The van der Waals surface area contributed by atoms with Crippen molar-refractivity contribution < 1.29 is 15.0 Å². The zero-order valence-electron chi connectivity index (χ0n) is 12.8. The van der Waals surface area contributed by atoms with Gasteiger partial charge in [0.1, 0.15) is 0 Å². The van der Waals surface area contributed by atoms with Crippen molar-refractivity contribution in [3.8, 4) is 5.88 Å². The van der Waals surface area contributed by atoms with Gasteiger partial charge in [0.05, 0.1) is 11.0 Å². The Morgan fingerprint density at radius 1 is 1.25 bits per heavy atom. The van der Waals surface area contributed by atoms with Gasteiger partial charge in [0.2, 0.25) is 5.65 Å². The molecule has 24 heavy (non-hydrogen) atoms. The van der Waals surface area contributed by atoms with Crippen LogP contribution in [0.4, 0.5) is 0 Å². The molecular formula is C18H15N3O3. The van der Waals surface area contributed by atoms with Crippen LogP contribution in [0, 0.1) is 0 Å². The third-order valence-corrected chi connectivity index (χ3v) is 4.19. The van der Waals surface area contributed by atoms with E-state index in [9.17, 15) is 9.90 Å². The highest BCUT2D eigenvalue weighted by atomic mass is 16.4. The fourth-order valence-corrected chi connectivity index (χ4v) is 3.18. The first-order valence-electron chi connectivity index (χ1n) is 7.75. The number of nitrogens with zero attached hydrogens (tertiary/aromatic N) is 3. The largest absolute Gasteiger partial charge is 0.491 e. The van der Waals surface area contributed by atoms with Crippen molar-refractivity contribution in [1.82, 2.24) is 14.4 Å². The van der Waals surface area contributed by atoms with Crippen molar-refractivity contribution >= 4 is 39.5 Å². The smallest absolute Gasteiger partial charge is 0.303 e. The summed E-state index contributed by atoms with van der Waals surface area (Å²) in [7, 11) is 0. The predicted molar refractivity (Wildman–Crippen MR) is 90.8 cm³/mol. The maximum Gasteiger partial charge on any atom is 0.303 e. The zero-order valence-corrected chi connectivity index (χ0v) is 12.8. The molecule has 0 fully saturated rings. The summed E-state index contributed by atoms with van der Waals surface area (Å²) in [4.78, 5) is 19.2. The summed E-state index contributed by atoms with van der Waals surface area (Å²) in [6, 6.07) is 7.88. The molecule has 0 aliphatic heterocycles. The molecular weight excluding hydrogens is 306 g/mol. The summed E-state index contributed by atoms with van der Waals surface area (Å²) in [6.07, 6.45) is 6.86. The Morgan fingerprint density at radius 2 is 2.04 bits per heavy atom. The quantitative estimate of drug-likeness (QED) is 0.564. The molecule has 0 unspecified atom stereocenters. The fraction of sp³-hybridized carbons (Fsp3) is 0.167. The minimum Gasteiger partial charge on any atom is -0.491 e. The predicted octanol–water partition coefficient (Wildman–Crippen LogP) is 2.50. The van der Waals surface area contributed by atoms with E-state index >= 15 is 0 Å². The molecule has 2 aromatic carbocycles. The van der Waals surface area contributed by atoms with Crippen LogP contribution in [0.25, 0.3) is 33.5 Å². The van der Waals surface area contributed by atoms with E-state index < -0.39 is 5.97 Å². The number of imidazole rings is 1. The number of carboxylic acid groups (broad SMARTS) is 1. The molecule has 0 saturated carbocycles. The van der Waals surface area contributed by atoms with Gasteiger partial charge in [-0.1, -0.05) is 30.3 Å². The molecule has 0 radical (unpaired) electrons. The molecule has 0 aliphatic carbocycles. The monoisotopic (exact) mass is 321 g/mol. The molecule has 0 atom stereocenters. The van der Waals surface area contributed by atoms with Gasteiger partial charge < -0.3 is 10.2 Å². The molecule has 4 aromatic rings. The lowest BCUT2D eigenvalue weighted by Crippen LogP contribution is -2.04. The van der Waals surface area contributed by atoms with Gasteiger partial charge >= 0.3 is 5.97 Å². The Hall–Kier alpha value is -3.15. The van der Waals surface area contributed by atoms with Gasteiger partial charge in [-0.3, -0.25) is 9.20 Å². The highest BCUT2D eigenvalue weighted by Gasteiger charge is 2.15. The SMILES string of the molecule is O=C(O)CCC/C=c1/c2ccccc2c2nc(O)c3nccn3c12. The van der Waals surface area contributed by atoms with Crippen LogP contribution < -0.4 is 5.22 Å². The van der Waals surface area contributed by atoms with Crippen LogP contribution >= 0.6 is 0 Å². The maximum atomic E-state index is 10.7. The van der Waals surface area contributed by atoms with E-state index in [0.717, 1.165) is 27.0 Å². The van der Waals surface area contributed by atoms with Crippen LogP contribution in [0.1, 0.15) is 19.3 Å². The standard InChI is InChI=1S/C18H15N3O3/c22-14(23)8-4-3-7-13-11-5-1-2-6-12(11)15-16(13)21-10-9-19-17(21)18(24)20-15/h1-2,5-7,9-10H,3-4,8H2,(H,20,24)(H,22,23)/b13-7-. The Labute approximate surface area is 136 Å². The average molecular weight is 321 g/mol. The van der Waals surface area contributed by atoms with Gasteiger partial charge in [0, 0.05) is 29.4 Å². The first-order chi connectivity index (χ1) is 11.7. The second kappa shape index (κ2) is 5.49. The number of aromatic hydroxyl groups is 1. The van der Waals surface area contributed by atoms with Crippen LogP contribution in [0.5, 0.6) is 5.88 Å². The Balaban J connectivity index is 2.03. The number of hydrogen-bond acceptors (Lipinski definition) is 4. The summed E-state index contributed by atoms with van der Waals surface area (Å²) in [5.74, 6) is -0.884. The van der Waals surface area contributed by atoms with Crippen LogP contribution in [0.3, 0.4) is 0 Å². The highest BCUT2D eigenvalue weighted by Crippen LogP contribution is 2.27. The molecule has 2 heterocycles. The Kier molecular flexibility index (Phi) is 3.30. The number of fused-ring (bicyclic) bond motifs is 5. The lowest BCUT2D eigenvalue weighted by Gasteiger charge is -2.00. The summed E-state index contributed by atoms with van der Waals surface area (Å²) in [5.41, 5.74) is 2.02. The zero-order chi connectivity index (χ0) is 16.7. The molecule has 120 valence electrons. The van der Waals surface area contributed by atoms with E-state index in [4.69, 9.17) is 5.11 Å². The second-order valence-corrected chi connectivity index (χ2v) is 5.70. The summed E-state index contributed by atoms with van der Waals surface area (Å²) in [5, 5.41) is 21.9. The van der Waals surface area contributed by atoms with E-state index in [0.29, 0.717) is 18.5 Å². The number of aromatic nitrogens is 3. The summed E-state index contributed by atoms with van der Waals surface area (Å²) in [6.45, 7) is 0. The van der Waals surface area contributed by atoms with E-state index in [2.05, 4.69) is 9.97 Å². The van der Waals surface area contributed by atoms with Crippen LogP contribution in [-0.2, 0) is 4.79 Å². The lowest BCUT2D eigenvalue weighted by atomic mass is 10.1. The number of hydrogen-bond donors (Lipinski definition) is 2. The molecule has 0 bridgehead atoms. The molecule has 0 amide bonds. The van der Waals surface area contributed by atoms with Crippen molar-refractivity contribution in [3.05, 3.63) is 41.9 Å². The number of unbranched alkanes of at least 4 members (excludes halogenated alkanes) is 1. The lowest BCUT2D eigenvalue weighted by molar-refractivity contribution is -0.137. The average Bonchev–Trinajstić information content (AvgIpc) is 3.15. The van der Waals surface area contributed by atoms with Gasteiger partial charge in [0.25, 0.3) is 5.88 Å². The van der Waals surface area contributed by atoms with Crippen molar-refractivity contribution in [2.75, 3.05) is 0 Å². The first-order valence-corrected chi connectivity index (χ1v) is 7.75. The van der Waals surface area contributed by atoms with E-state index in [1.54, 1.807) is 12.4 Å². The highest BCUT2D eigenvalue weighted by molar-refractivity contribution is 6.10. The molecule has 0 saturated heterocycles. The van der Waals surface area contributed by atoms with Gasteiger partial charge in [-0.2, -0.15) is 0 Å². The number of carbonyl (C=O) groups is 1. The number of aliphatic carboxylic acids is 1. The summed E-state index contributed by atoms with van der Waals surface area (Å²) >= 11 is 0. The number of benzene rings is 1. The first kappa shape index (κ1) is 14.4. The molecule has 0 spiro atoms. The van der Waals surface area contributed by atoms with Crippen LogP contribution in [0.15, 0.2) is 36.7 Å². The molecule has 2 aromatic heterocycles.